The number of ether oxygens (including phenoxy) is 1. The fourth-order valence-electron chi connectivity index (χ4n) is 6.25. The smallest absolute Gasteiger partial charge is 0.118 e. The number of nitrogens with zero attached hydrogens (tertiary/aromatic N) is 3. The van der Waals surface area contributed by atoms with Gasteiger partial charge in [0, 0.05) is 21.7 Å². The van der Waals surface area contributed by atoms with Crippen molar-refractivity contribution in [2.45, 2.75) is 0 Å². The summed E-state index contributed by atoms with van der Waals surface area (Å²) < 4.78 is 5.47. The molecule has 0 fully saturated rings. The van der Waals surface area contributed by atoms with E-state index in [1.165, 1.54) is 0 Å². The van der Waals surface area contributed by atoms with Gasteiger partial charge in [-0.3, -0.25) is 0 Å². The molecule has 2 heterocycles. The summed E-state index contributed by atoms with van der Waals surface area (Å²) in [5.41, 5.74) is 11.5. The maximum atomic E-state index is 6.29. The zero-order valence-corrected chi connectivity index (χ0v) is 25.3. The first kappa shape index (κ1) is 27.0. The van der Waals surface area contributed by atoms with E-state index in [9.17, 15) is 0 Å². The molecule has 45 heavy (non-hydrogen) atoms. The van der Waals surface area contributed by atoms with Crippen molar-refractivity contribution in [2.24, 2.45) is 0 Å². The number of para-hydroxylation sites is 6. The molecule has 0 N–H and O–H groups in total. The van der Waals surface area contributed by atoms with E-state index in [-0.39, 0.29) is 0 Å². The van der Waals surface area contributed by atoms with Crippen LogP contribution in [-0.4, -0.2) is 12.1 Å². The Kier molecular flexibility index (Phi) is 6.70. The molecule has 8 rings (SSSR count). The van der Waals surface area contributed by atoms with Crippen molar-refractivity contribution in [2.75, 3.05) is 16.9 Å². The molecule has 1 aliphatic heterocycles. The number of hydrogen-bond acceptors (Lipinski definition) is 4. The second-order valence-electron chi connectivity index (χ2n) is 10.9. The predicted octanol–water partition coefficient (Wildman–Crippen LogP) is 11.5. The summed E-state index contributed by atoms with van der Waals surface area (Å²) in [6.45, 7) is 0. The number of pyridine rings is 1. The van der Waals surface area contributed by atoms with Gasteiger partial charge < -0.3 is 14.5 Å². The summed E-state index contributed by atoms with van der Waals surface area (Å²) in [7, 11) is 1.69. The Morgan fingerprint density at radius 2 is 1.09 bits per heavy atom. The van der Waals surface area contributed by atoms with E-state index >= 15 is 0 Å². The monoisotopic (exact) mass is 601 g/mol. The average Bonchev–Trinajstić information content (AvgIpc) is 3.10. The Morgan fingerprint density at radius 1 is 0.533 bits per heavy atom. The number of anilines is 6. The van der Waals surface area contributed by atoms with Gasteiger partial charge in [0.15, 0.2) is 0 Å². The second-order valence-corrected chi connectivity index (χ2v) is 11.4. The highest BCUT2D eigenvalue weighted by Crippen LogP contribution is 2.55. The molecule has 1 aliphatic rings. The molecule has 0 atom stereocenters. The van der Waals surface area contributed by atoms with Gasteiger partial charge in [-0.15, -0.1) is 0 Å². The average molecular weight is 602 g/mol. The van der Waals surface area contributed by atoms with E-state index in [1.54, 1.807) is 7.11 Å². The van der Waals surface area contributed by atoms with Crippen LogP contribution in [0.15, 0.2) is 152 Å². The lowest BCUT2D eigenvalue weighted by Crippen LogP contribution is -2.24. The molecule has 0 radical (unpaired) electrons. The summed E-state index contributed by atoms with van der Waals surface area (Å²) in [5, 5.41) is 1.76. The zero-order valence-electron chi connectivity index (χ0n) is 24.6. The molecule has 0 saturated heterocycles. The Bertz CT molecular complexity index is 2120. The minimum absolute atomic E-state index is 0.695. The fraction of sp³-hybridized carbons (Fsp3) is 0.0250. The normalized spacial score (nSPS) is 12.1. The highest BCUT2D eigenvalue weighted by Gasteiger charge is 2.31. The first-order valence-corrected chi connectivity index (χ1v) is 15.2. The maximum Gasteiger partial charge on any atom is 0.118 e. The number of methoxy groups -OCH3 is 1. The van der Waals surface area contributed by atoms with Crippen LogP contribution >= 0.6 is 11.6 Å². The zero-order chi connectivity index (χ0) is 30.3. The lowest BCUT2D eigenvalue weighted by molar-refractivity contribution is 0.415. The van der Waals surface area contributed by atoms with Gasteiger partial charge in [-0.25, -0.2) is 4.98 Å². The van der Waals surface area contributed by atoms with Crippen LogP contribution in [0, 0.1) is 0 Å². The number of aromatic nitrogens is 1. The molecule has 7 aromatic rings. The SMILES string of the molecule is COc1ccc(-c2cc(-c3ccc(Cl)cc3)nc3c(N4c5ccccc5N(c5ccccc5)c5ccccc54)cccc23)cc1. The summed E-state index contributed by atoms with van der Waals surface area (Å²) >= 11 is 6.29. The van der Waals surface area contributed by atoms with Crippen molar-refractivity contribution in [3.63, 3.8) is 0 Å². The topological polar surface area (TPSA) is 28.6 Å². The van der Waals surface area contributed by atoms with Crippen LogP contribution in [-0.2, 0) is 0 Å². The fourth-order valence-corrected chi connectivity index (χ4v) is 6.38. The quantitative estimate of drug-likeness (QED) is 0.196. The molecular weight excluding hydrogens is 574 g/mol. The van der Waals surface area contributed by atoms with Crippen LogP contribution in [0.2, 0.25) is 5.02 Å². The minimum Gasteiger partial charge on any atom is -0.497 e. The molecular formula is C40H28ClN3O. The van der Waals surface area contributed by atoms with Gasteiger partial charge in [0.25, 0.3) is 0 Å². The first-order chi connectivity index (χ1) is 22.2. The standard InChI is InChI=1S/C40H28ClN3O/c1-45-31-24-20-27(21-25-31)33-26-34(28-18-22-29(41)23-19-28)42-40-32(33)12-9-17-39(40)44-37-15-7-5-13-35(37)43(30-10-3-2-4-11-30)36-14-6-8-16-38(36)44/h2-26H,1H3. The molecule has 6 aromatic carbocycles. The Labute approximate surface area is 267 Å². The summed E-state index contributed by atoms with van der Waals surface area (Å²) in [6, 6.07) is 52.4. The highest BCUT2D eigenvalue weighted by atomic mass is 35.5. The Morgan fingerprint density at radius 3 is 1.71 bits per heavy atom. The van der Waals surface area contributed by atoms with Crippen LogP contribution in [0.25, 0.3) is 33.3 Å². The van der Waals surface area contributed by atoms with Gasteiger partial charge in [0.1, 0.15) is 5.75 Å². The number of benzene rings is 6. The van der Waals surface area contributed by atoms with E-state index in [0.29, 0.717) is 5.02 Å². The van der Waals surface area contributed by atoms with E-state index in [4.69, 9.17) is 21.3 Å². The van der Waals surface area contributed by atoms with Gasteiger partial charge >= 0.3 is 0 Å². The van der Waals surface area contributed by atoms with Crippen LogP contribution < -0.4 is 14.5 Å². The molecule has 0 aliphatic carbocycles. The number of hydrogen-bond donors (Lipinski definition) is 0. The summed E-state index contributed by atoms with van der Waals surface area (Å²) in [5.74, 6) is 0.820. The lowest BCUT2D eigenvalue weighted by Gasteiger charge is -2.40. The molecule has 5 heteroatoms. The van der Waals surface area contributed by atoms with Crippen molar-refractivity contribution in [3.05, 3.63) is 157 Å². The highest BCUT2D eigenvalue weighted by molar-refractivity contribution is 6.30. The third-order valence-electron chi connectivity index (χ3n) is 8.34. The third kappa shape index (κ3) is 4.67. The van der Waals surface area contributed by atoms with Crippen LogP contribution in [0.5, 0.6) is 5.75 Å². The largest absolute Gasteiger partial charge is 0.497 e. The number of rotatable bonds is 5. The number of halogens is 1. The van der Waals surface area contributed by atoms with Crippen molar-refractivity contribution in [1.82, 2.24) is 4.98 Å². The number of fused-ring (bicyclic) bond motifs is 3. The maximum absolute atomic E-state index is 6.29. The van der Waals surface area contributed by atoms with Crippen molar-refractivity contribution >= 4 is 56.6 Å². The third-order valence-corrected chi connectivity index (χ3v) is 8.59. The first-order valence-electron chi connectivity index (χ1n) is 14.9. The van der Waals surface area contributed by atoms with Gasteiger partial charge in [0.05, 0.1) is 46.8 Å². The summed E-state index contributed by atoms with van der Waals surface area (Å²) in [4.78, 5) is 10.1. The van der Waals surface area contributed by atoms with Gasteiger partial charge in [-0.1, -0.05) is 90.5 Å². The van der Waals surface area contributed by atoms with Gasteiger partial charge in [0.2, 0.25) is 0 Å². The Hall–Kier alpha value is -5.58. The Balaban J connectivity index is 1.41. The van der Waals surface area contributed by atoms with Gasteiger partial charge in [-0.2, -0.15) is 0 Å². The minimum atomic E-state index is 0.695. The molecule has 0 bridgehead atoms. The molecule has 0 unspecified atom stereocenters. The molecule has 0 saturated carbocycles. The molecule has 4 nitrogen and oxygen atoms in total. The van der Waals surface area contributed by atoms with Crippen LogP contribution in [0.3, 0.4) is 0 Å². The molecule has 1 aromatic heterocycles. The van der Waals surface area contributed by atoms with E-state index in [0.717, 1.165) is 73.2 Å². The van der Waals surface area contributed by atoms with Crippen LogP contribution in [0.4, 0.5) is 34.1 Å². The lowest BCUT2D eigenvalue weighted by atomic mass is 9.96. The van der Waals surface area contributed by atoms with E-state index in [2.05, 4.69) is 125 Å². The van der Waals surface area contributed by atoms with Crippen LogP contribution in [0.1, 0.15) is 0 Å². The van der Waals surface area contributed by atoms with E-state index < -0.39 is 0 Å². The predicted molar refractivity (Wildman–Crippen MR) is 187 cm³/mol. The summed E-state index contributed by atoms with van der Waals surface area (Å²) in [6.07, 6.45) is 0. The van der Waals surface area contributed by atoms with Crippen molar-refractivity contribution in [1.29, 1.82) is 0 Å². The van der Waals surface area contributed by atoms with E-state index in [1.807, 2.05) is 36.4 Å². The van der Waals surface area contributed by atoms with Crippen molar-refractivity contribution in [3.8, 4) is 28.1 Å². The molecule has 0 spiro atoms. The van der Waals surface area contributed by atoms with Crippen molar-refractivity contribution < 1.29 is 4.74 Å². The molecule has 216 valence electrons. The molecule has 0 amide bonds. The van der Waals surface area contributed by atoms with Gasteiger partial charge in [-0.05, 0) is 83.9 Å². The second kappa shape index (κ2) is 11.2.